The van der Waals surface area contributed by atoms with Crippen LogP contribution in [0, 0.1) is 0 Å². The lowest BCUT2D eigenvalue weighted by Gasteiger charge is -2.15. The Labute approximate surface area is 363 Å². The second-order valence-electron chi connectivity index (χ2n) is 16.3. The molecule has 13 rings (SSSR count). The van der Waals surface area contributed by atoms with Crippen molar-refractivity contribution < 1.29 is 0 Å². The summed E-state index contributed by atoms with van der Waals surface area (Å²) >= 11 is 0. The second kappa shape index (κ2) is 14.0. The van der Waals surface area contributed by atoms with Crippen LogP contribution < -0.4 is 0 Å². The molecule has 13 aromatic rings. The summed E-state index contributed by atoms with van der Waals surface area (Å²) in [5.74, 6) is 0. The van der Waals surface area contributed by atoms with Gasteiger partial charge in [0.2, 0.25) is 0 Å². The first-order valence-corrected chi connectivity index (χ1v) is 21.4. The van der Waals surface area contributed by atoms with Gasteiger partial charge in [-0.3, -0.25) is 0 Å². The van der Waals surface area contributed by atoms with E-state index in [-0.39, 0.29) is 0 Å². The van der Waals surface area contributed by atoms with Crippen LogP contribution in [0.25, 0.3) is 116 Å². The zero-order valence-corrected chi connectivity index (χ0v) is 34.1. The molecule has 63 heavy (non-hydrogen) atoms. The van der Waals surface area contributed by atoms with Crippen LogP contribution in [0.2, 0.25) is 0 Å². The molecule has 0 fully saturated rings. The number of benzene rings is 9. The van der Waals surface area contributed by atoms with Crippen LogP contribution in [0.3, 0.4) is 0 Å². The Bertz CT molecular complexity index is 3650. The number of para-hydroxylation sites is 6. The number of nitrogens with zero attached hydrogens (tertiary/aromatic N) is 5. The lowest BCUT2D eigenvalue weighted by Crippen LogP contribution is -2.01. The third-order valence-corrected chi connectivity index (χ3v) is 12.7. The molecule has 0 radical (unpaired) electrons. The standard InChI is InChI=1S/C58H37N5/c1-2-14-42(15-3-1)61-57-25-13-8-20-49(57)50-36-40(30-33-58(50)61)38-26-28-39(29-27-38)51-31-32-52(60-59-51)41-34-43(62-53-21-9-4-16-45(53)46-17-5-10-22-54(46)62)37-44(35-41)63-55-23-11-6-18-47(55)48-19-7-12-24-56(48)63/h1-37H. The first-order chi connectivity index (χ1) is 31.2. The third kappa shape index (κ3) is 5.57. The van der Waals surface area contributed by atoms with Crippen LogP contribution in [0.5, 0.6) is 0 Å². The minimum absolute atomic E-state index is 0.808. The second-order valence-corrected chi connectivity index (χ2v) is 16.3. The summed E-state index contributed by atoms with van der Waals surface area (Å²) in [5.41, 5.74) is 16.3. The van der Waals surface area contributed by atoms with Crippen LogP contribution in [-0.2, 0) is 0 Å². The van der Waals surface area contributed by atoms with Crippen molar-refractivity contribution in [1.82, 2.24) is 23.9 Å². The van der Waals surface area contributed by atoms with Gasteiger partial charge in [-0.25, -0.2) is 0 Å². The summed E-state index contributed by atoms with van der Waals surface area (Å²) in [5, 5.41) is 17.2. The maximum atomic E-state index is 4.92. The summed E-state index contributed by atoms with van der Waals surface area (Å²) in [6.45, 7) is 0. The highest BCUT2D eigenvalue weighted by Crippen LogP contribution is 2.39. The Hall–Kier alpha value is -8.54. The normalized spacial score (nSPS) is 11.8. The number of rotatable bonds is 6. The average molecular weight is 804 g/mol. The predicted octanol–water partition coefficient (Wildman–Crippen LogP) is 14.8. The summed E-state index contributed by atoms with van der Waals surface area (Å²) < 4.78 is 7.12. The van der Waals surface area contributed by atoms with E-state index in [1.54, 1.807) is 0 Å². The molecule has 4 aromatic heterocycles. The van der Waals surface area contributed by atoms with Crippen LogP contribution in [-0.4, -0.2) is 23.9 Å². The highest BCUT2D eigenvalue weighted by atomic mass is 15.1. The van der Waals surface area contributed by atoms with Crippen molar-refractivity contribution in [3.05, 3.63) is 224 Å². The molecule has 5 heteroatoms. The van der Waals surface area contributed by atoms with E-state index in [4.69, 9.17) is 10.2 Å². The molecular formula is C58H37N5. The smallest absolute Gasteiger partial charge is 0.0931 e. The molecule has 0 unspecified atom stereocenters. The molecule has 294 valence electrons. The van der Waals surface area contributed by atoms with E-state index in [9.17, 15) is 0 Å². The Morgan fingerprint density at radius 2 is 0.587 bits per heavy atom. The molecule has 9 aromatic carbocycles. The van der Waals surface area contributed by atoms with E-state index in [2.05, 4.69) is 238 Å². The van der Waals surface area contributed by atoms with Crippen molar-refractivity contribution in [2.24, 2.45) is 0 Å². The van der Waals surface area contributed by atoms with Crippen LogP contribution in [0.4, 0.5) is 0 Å². The maximum Gasteiger partial charge on any atom is 0.0931 e. The predicted molar refractivity (Wildman–Crippen MR) is 261 cm³/mol. The first-order valence-electron chi connectivity index (χ1n) is 21.4. The van der Waals surface area contributed by atoms with E-state index in [0.717, 1.165) is 67.2 Å². The van der Waals surface area contributed by atoms with Crippen molar-refractivity contribution in [2.75, 3.05) is 0 Å². The van der Waals surface area contributed by atoms with Gasteiger partial charge in [0.1, 0.15) is 0 Å². The van der Waals surface area contributed by atoms with E-state index in [0.29, 0.717) is 0 Å². The van der Waals surface area contributed by atoms with E-state index >= 15 is 0 Å². The van der Waals surface area contributed by atoms with Crippen LogP contribution in [0.15, 0.2) is 224 Å². The van der Waals surface area contributed by atoms with Crippen LogP contribution >= 0.6 is 0 Å². The Balaban J connectivity index is 0.903. The summed E-state index contributed by atoms with van der Waals surface area (Å²) in [6, 6.07) is 80.4. The molecule has 0 atom stereocenters. The zero-order chi connectivity index (χ0) is 41.4. The van der Waals surface area contributed by atoms with E-state index in [1.165, 1.54) is 48.9 Å². The van der Waals surface area contributed by atoms with Crippen LogP contribution in [0.1, 0.15) is 0 Å². The number of hydrogen-bond acceptors (Lipinski definition) is 2. The average Bonchev–Trinajstić information content (AvgIpc) is 4.00. The van der Waals surface area contributed by atoms with Gasteiger partial charge in [0.05, 0.1) is 44.5 Å². The molecule has 0 bridgehead atoms. The molecule has 5 nitrogen and oxygen atoms in total. The van der Waals surface area contributed by atoms with Gasteiger partial charge < -0.3 is 13.7 Å². The molecule has 0 aliphatic heterocycles. The first kappa shape index (κ1) is 35.2. The molecule has 0 aliphatic rings. The molecule has 0 saturated carbocycles. The highest BCUT2D eigenvalue weighted by Gasteiger charge is 2.18. The van der Waals surface area contributed by atoms with Gasteiger partial charge in [-0.1, -0.05) is 140 Å². The molecule has 0 N–H and O–H groups in total. The Morgan fingerprint density at radius 3 is 1.06 bits per heavy atom. The quantitative estimate of drug-likeness (QED) is 0.168. The summed E-state index contributed by atoms with van der Waals surface area (Å²) in [7, 11) is 0. The van der Waals surface area contributed by atoms with E-state index < -0.39 is 0 Å². The van der Waals surface area contributed by atoms with Crippen molar-refractivity contribution >= 4 is 65.4 Å². The lowest BCUT2D eigenvalue weighted by atomic mass is 10.0. The van der Waals surface area contributed by atoms with Crippen molar-refractivity contribution in [2.45, 2.75) is 0 Å². The fraction of sp³-hybridized carbons (Fsp3) is 0. The third-order valence-electron chi connectivity index (χ3n) is 12.7. The number of fused-ring (bicyclic) bond motifs is 9. The lowest BCUT2D eigenvalue weighted by molar-refractivity contribution is 1.04. The number of hydrogen-bond donors (Lipinski definition) is 0. The van der Waals surface area contributed by atoms with Gasteiger partial charge >= 0.3 is 0 Å². The fourth-order valence-corrected chi connectivity index (χ4v) is 9.88. The molecular weight excluding hydrogens is 767 g/mol. The maximum absolute atomic E-state index is 4.92. The highest BCUT2D eigenvalue weighted by molar-refractivity contribution is 6.12. The molecule has 0 saturated heterocycles. The molecule has 4 heterocycles. The van der Waals surface area contributed by atoms with Gasteiger partial charge in [0.25, 0.3) is 0 Å². The molecule has 0 spiro atoms. The van der Waals surface area contributed by atoms with Crippen molar-refractivity contribution in [1.29, 1.82) is 0 Å². The zero-order valence-electron chi connectivity index (χ0n) is 34.1. The summed E-state index contributed by atoms with van der Waals surface area (Å²) in [6.07, 6.45) is 0. The minimum Gasteiger partial charge on any atom is -0.309 e. The Kier molecular flexibility index (Phi) is 7.84. The molecule has 0 amide bonds. The topological polar surface area (TPSA) is 40.6 Å². The fourth-order valence-electron chi connectivity index (χ4n) is 9.88. The van der Waals surface area contributed by atoms with E-state index in [1.807, 2.05) is 0 Å². The largest absolute Gasteiger partial charge is 0.309 e. The van der Waals surface area contributed by atoms with Gasteiger partial charge in [0.15, 0.2) is 0 Å². The molecule has 0 aliphatic carbocycles. The van der Waals surface area contributed by atoms with Gasteiger partial charge in [0, 0.05) is 60.5 Å². The SMILES string of the molecule is c1ccc(-n2c3ccccc3c3cc(-c4ccc(-c5ccc(-c6cc(-n7c8ccccc8c8ccccc87)cc(-n7c8ccccc8c8ccccc87)c6)nn5)cc4)ccc32)cc1. The van der Waals surface area contributed by atoms with Gasteiger partial charge in [-0.05, 0) is 96.1 Å². The van der Waals surface area contributed by atoms with Crippen molar-refractivity contribution in [3.8, 4) is 50.7 Å². The number of aromatic nitrogens is 5. The Morgan fingerprint density at radius 1 is 0.222 bits per heavy atom. The van der Waals surface area contributed by atoms with Crippen molar-refractivity contribution in [3.63, 3.8) is 0 Å². The summed E-state index contributed by atoms with van der Waals surface area (Å²) in [4.78, 5) is 0. The van der Waals surface area contributed by atoms with Gasteiger partial charge in [-0.2, -0.15) is 0 Å². The minimum atomic E-state index is 0.808. The van der Waals surface area contributed by atoms with Gasteiger partial charge in [-0.15, -0.1) is 10.2 Å². The monoisotopic (exact) mass is 803 g/mol.